The van der Waals surface area contributed by atoms with E-state index < -0.39 is 0 Å². The van der Waals surface area contributed by atoms with E-state index in [-0.39, 0.29) is 5.54 Å². The maximum absolute atomic E-state index is 5.63. The van der Waals surface area contributed by atoms with E-state index in [1.165, 1.54) is 12.0 Å². The largest absolute Gasteiger partial charge is 0.468 e. The Morgan fingerprint density at radius 2 is 2.00 bits per heavy atom. The first-order valence-electron chi connectivity index (χ1n) is 7.37. The molecule has 0 saturated carbocycles. The second-order valence-corrected chi connectivity index (χ2v) is 6.54. The molecule has 0 aromatic carbocycles. The summed E-state index contributed by atoms with van der Waals surface area (Å²) in [5.41, 5.74) is 1.42. The number of nitrogens with one attached hydrogen (secondary N) is 1. The van der Waals surface area contributed by atoms with Crippen LogP contribution in [0.5, 0.6) is 0 Å². The average Bonchev–Trinajstić information content (AvgIpc) is 2.72. The van der Waals surface area contributed by atoms with E-state index in [2.05, 4.69) is 57.8 Å². The molecule has 0 amide bonds. The first-order valence-corrected chi connectivity index (χ1v) is 7.37. The minimum absolute atomic E-state index is 0.116. The van der Waals surface area contributed by atoms with E-state index in [0.717, 1.165) is 25.4 Å². The second-order valence-electron chi connectivity index (χ2n) is 6.54. The lowest BCUT2D eigenvalue weighted by atomic mass is 10.1. The lowest BCUT2D eigenvalue weighted by Crippen LogP contribution is -2.35. The predicted octanol–water partition coefficient (Wildman–Crippen LogP) is 3.79. The van der Waals surface area contributed by atoms with Crippen LogP contribution in [0.3, 0.4) is 0 Å². The van der Waals surface area contributed by atoms with Gasteiger partial charge in [-0.05, 0) is 53.7 Å². The fraction of sp³-hybridized carbons (Fsp3) is 0.750. The van der Waals surface area contributed by atoms with Crippen molar-refractivity contribution in [3.63, 3.8) is 0 Å². The summed E-state index contributed by atoms with van der Waals surface area (Å²) in [6.07, 6.45) is 2.99. The van der Waals surface area contributed by atoms with Crippen molar-refractivity contribution in [2.45, 2.75) is 72.6 Å². The molecular weight excluding hydrogens is 236 g/mol. The number of nitrogens with zero attached hydrogens (tertiary/aromatic N) is 1. The summed E-state index contributed by atoms with van der Waals surface area (Å²) in [6.45, 7) is 16.2. The topological polar surface area (TPSA) is 28.4 Å². The van der Waals surface area contributed by atoms with Crippen LogP contribution in [0.4, 0.5) is 0 Å². The third kappa shape index (κ3) is 5.79. The van der Waals surface area contributed by atoms with E-state index in [0.29, 0.717) is 6.04 Å². The lowest BCUT2D eigenvalue weighted by Gasteiger charge is -2.26. The predicted molar refractivity (Wildman–Crippen MR) is 81.1 cm³/mol. The van der Waals surface area contributed by atoms with Crippen molar-refractivity contribution in [1.29, 1.82) is 0 Å². The van der Waals surface area contributed by atoms with Crippen LogP contribution in [0.1, 0.15) is 59.3 Å². The Morgan fingerprint density at radius 3 is 2.53 bits per heavy atom. The first kappa shape index (κ1) is 16.3. The number of hydrogen-bond acceptors (Lipinski definition) is 3. The van der Waals surface area contributed by atoms with Gasteiger partial charge in [-0.1, -0.05) is 6.92 Å². The van der Waals surface area contributed by atoms with E-state index in [4.69, 9.17) is 4.42 Å². The zero-order valence-corrected chi connectivity index (χ0v) is 13.4. The molecule has 1 N–H and O–H groups in total. The van der Waals surface area contributed by atoms with Gasteiger partial charge in [-0.15, -0.1) is 0 Å². The van der Waals surface area contributed by atoms with Crippen LogP contribution in [-0.2, 0) is 13.1 Å². The molecule has 0 aliphatic rings. The van der Waals surface area contributed by atoms with Crippen molar-refractivity contribution < 1.29 is 4.42 Å². The van der Waals surface area contributed by atoms with Gasteiger partial charge in [0.05, 0.1) is 12.8 Å². The van der Waals surface area contributed by atoms with Crippen LogP contribution in [0.15, 0.2) is 16.7 Å². The molecule has 0 spiro atoms. The van der Waals surface area contributed by atoms with E-state index >= 15 is 0 Å². The minimum Gasteiger partial charge on any atom is -0.468 e. The SMILES string of the molecule is CCCN(Cc1ccoc1CNC(C)(C)C)C(C)C. The van der Waals surface area contributed by atoms with E-state index in [1.54, 1.807) is 6.26 Å². The molecule has 110 valence electrons. The highest BCUT2D eigenvalue weighted by Gasteiger charge is 2.15. The third-order valence-electron chi connectivity index (χ3n) is 3.23. The highest BCUT2D eigenvalue weighted by molar-refractivity contribution is 5.17. The van der Waals surface area contributed by atoms with Gasteiger partial charge in [-0.2, -0.15) is 0 Å². The number of hydrogen-bond donors (Lipinski definition) is 1. The monoisotopic (exact) mass is 266 g/mol. The molecule has 3 heteroatoms. The Bertz CT molecular complexity index is 363. The van der Waals surface area contributed by atoms with Crippen molar-refractivity contribution in [2.75, 3.05) is 6.54 Å². The summed E-state index contributed by atoms with van der Waals surface area (Å²) in [7, 11) is 0. The fourth-order valence-electron chi connectivity index (χ4n) is 2.03. The van der Waals surface area contributed by atoms with Gasteiger partial charge >= 0.3 is 0 Å². The van der Waals surface area contributed by atoms with Gasteiger partial charge in [0.15, 0.2) is 0 Å². The average molecular weight is 266 g/mol. The third-order valence-corrected chi connectivity index (χ3v) is 3.23. The Balaban J connectivity index is 2.65. The molecule has 1 rings (SSSR count). The molecule has 0 saturated heterocycles. The number of rotatable bonds is 7. The van der Waals surface area contributed by atoms with Crippen LogP contribution in [0.2, 0.25) is 0 Å². The molecule has 3 nitrogen and oxygen atoms in total. The van der Waals surface area contributed by atoms with Crippen molar-refractivity contribution in [2.24, 2.45) is 0 Å². The molecule has 0 atom stereocenters. The standard InChI is InChI=1S/C16H30N2O/c1-7-9-18(13(2)3)12-14-8-10-19-15(14)11-17-16(4,5)6/h8,10,13,17H,7,9,11-12H2,1-6H3. The molecule has 1 heterocycles. The zero-order valence-electron chi connectivity index (χ0n) is 13.4. The summed E-state index contributed by atoms with van der Waals surface area (Å²) in [5.74, 6) is 1.07. The second kappa shape index (κ2) is 7.11. The van der Waals surface area contributed by atoms with Gasteiger partial charge in [-0.25, -0.2) is 0 Å². The Kier molecular flexibility index (Phi) is 6.08. The van der Waals surface area contributed by atoms with Crippen LogP contribution in [0.25, 0.3) is 0 Å². The quantitative estimate of drug-likeness (QED) is 0.814. The lowest BCUT2D eigenvalue weighted by molar-refractivity contribution is 0.211. The Hall–Kier alpha value is -0.800. The van der Waals surface area contributed by atoms with Crippen molar-refractivity contribution >= 4 is 0 Å². The maximum atomic E-state index is 5.63. The van der Waals surface area contributed by atoms with Crippen molar-refractivity contribution in [1.82, 2.24) is 10.2 Å². The molecular formula is C16H30N2O. The molecule has 0 fully saturated rings. The van der Waals surface area contributed by atoms with Gasteiger partial charge in [-0.3, -0.25) is 4.90 Å². The minimum atomic E-state index is 0.116. The number of furan rings is 1. The molecule has 0 aliphatic heterocycles. The molecule has 0 aliphatic carbocycles. The Morgan fingerprint density at radius 1 is 1.32 bits per heavy atom. The van der Waals surface area contributed by atoms with E-state index in [1.807, 2.05) is 0 Å². The van der Waals surface area contributed by atoms with Gasteiger partial charge in [0, 0.05) is 23.7 Å². The highest BCUT2D eigenvalue weighted by atomic mass is 16.3. The van der Waals surface area contributed by atoms with Gasteiger partial charge in [0.2, 0.25) is 0 Å². The molecule has 0 unspecified atom stereocenters. The summed E-state index contributed by atoms with van der Waals surface area (Å²) in [6, 6.07) is 2.67. The van der Waals surface area contributed by atoms with E-state index in [9.17, 15) is 0 Å². The van der Waals surface area contributed by atoms with Crippen LogP contribution < -0.4 is 5.32 Å². The summed E-state index contributed by atoms with van der Waals surface area (Å²) in [4.78, 5) is 2.49. The summed E-state index contributed by atoms with van der Waals surface area (Å²) < 4.78 is 5.63. The normalized spacial score (nSPS) is 12.6. The first-order chi connectivity index (χ1) is 8.83. The van der Waals surface area contributed by atoms with Gasteiger partial charge < -0.3 is 9.73 Å². The van der Waals surface area contributed by atoms with Crippen LogP contribution in [0, 0.1) is 0 Å². The smallest absolute Gasteiger partial charge is 0.122 e. The summed E-state index contributed by atoms with van der Waals surface area (Å²) in [5, 5.41) is 3.49. The van der Waals surface area contributed by atoms with Gasteiger partial charge in [0.25, 0.3) is 0 Å². The van der Waals surface area contributed by atoms with Crippen molar-refractivity contribution in [3.05, 3.63) is 23.7 Å². The molecule has 0 bridgehead atoms. The molecule has 0 radical (unpaired) electrons. The maximum Gasteiger partial charge on any atom is 0.122 e. The zero-order chi connectivity index (χ0) is 14.5. The molecule has 19 heavy (non-hydrogen) atoms. The van der Waals surface area contributed by atoms with Crippen LogP contribution in [-0.4, -0.2) is 23.0 Å². The fourth-order valence-corrected chi connectivity index (χ4v) is 2.03. The van der Waals surface area contributed by atoms with Gasteiger partial charge in [0.1, 0.15) is 5.76 Å². The van der Waals surface area contributed by atoms with Crippen molar-refractivity contribution in [3.8, 4) is 0 Å². The summed E-state index contributed by atoms with van der Waals surface area (Å²) >= 11 is 0. The molecule has 1 aromatic heterocycles. The van der Waals surface area contributed by atoms with Crippen LogP contribution >= 0.6 is 0 Å². The highest BCUT2D eigenvalue weighted by Crippen LogP contribution is 2.16. The molecule has 1 aromatic rings. The Labute approximate surface area is 118 Å².